The van der Waals surface area contributed by atoms with Crippen LogP contribution in [-0.2, 0) is 0 Å². The fourth-order valence-electron chi connectivity index (χ4n) is 3.36. The van der Waals surface area contributed by atoms with Gasteiger partial charge in [-0.05, 0) is 50.9 Å². The van der Waals surface area contributed by atoms with Crippen molar-refractivity contribution in [2.24, 2.45) is 5.41 Å². The Morgan fingerprint density at radius 3 is 2.35 bits per heavy atom. The van der Waals surface area contributed by atoms with Gasteiger partial charge in [0.25, 0.3) is 0 Å². The third-order valence-corrected chi connectivity index (χ3v) is 4.43. The van der Waals surface area contributed by atoms with Gasteiger partial charge in [0, 0.05) is 27.6 Å². The summed E-state index contributed by atoms with van der Waals surface area (Å²) in [5.41, 5.74) is 0.705. The van der Waals surface area contributed by atoms with Gasteiger partial charge in [-0.2, -0.15) is 0 Å². The van der Waals surface area contributed by atoms with Crippen molar-refractivity contribution in [2.45, 2.75) is 33.1 Å². The van der Waals surface area contributed by atoms with E-state index in [2.05, 4.69) is 29.0 Å². The van der Waals surface area contributed by atoms with E-state index in [1.54, 1.807) is 0 Å². The van der Waals surface area contributed by atoms with Gasteiger partial charge < -0.3 is 15.1 Å². The van der Waals surface area contributed by atoms with Gasteiger partial charge in [-0.15, -0.1) is 0 Å². The predicted molar refractivity (Wildman–Crippen MR) is 75.5 cm³/mol. The molecule has 0 aromatic rings. The average molecular weight is 241 g/mol. The van der Waals surface area contributed by atoms with Crippen molar-refractivity contribution in [3.8, 4) is 0 Å². The summed E-state index contributed by atoms with van der Waals surface area (Å²) in [7, 11) is 0. The number of likely N-dealkylation sites (N-methyl/N-ethyl adjacent to an activating group) is 1. The second-order valence-electron chi connectivity index (χ2n) is 5.91. The van der Waals surface area contributed by atoms with Gasteiger partial charge in [-0.3, -0.25) is 0 Å². The van der Waals surface area contributed by atoms with Crippen LogP contribution in [0.3, 0.4) is 0 Å². The predicted octanol–water partition coefficient (Wildman–Crippen LogP) is 1.65. The van der Waals surface area contributed by atoms with Crippen molar-refractivity contribution in [1.82, 2.24) is 15.1 Å². The number of hydrogen-bond acceptors (Lipinski definition) is 3. The van der Waals surface area contributed by atoms with Crippen molar-refractivity contribution in [2.75, 3.05) is 52.4 Å². The first kappa shape index (κ1) is 13.3. The molecule has 1 N–H and O–H groups in total. The van der Waals surface area contributed by atoms with E-state index in [-0.39, 0.29) is 1.43 Å². The van der Waals surface area contributed by atoms with E-state index in [0.717, 1.165) is 13.1 Å². The standard InChI is InChI=1S/C14H29N3.H2/c1-3-8-16-9-5-14(6-10-16)12-17(13-14)11-7-15-4-2;/h15H,3-13H2,1-2H3;1H. The van der Waals surface area contributed by atoms with Crippen molar-refractivity contribution < 1.29 is 1.43 Å². The quantitative estimate of drug-likeness (QED) is 0.713. The summed E-state index contributed by atoms with van der Waals surface area (Å²) >= 11 is 0. The molecule has 2 rings (SSSR count). The van der Waals surface area contributed by atoms with Crippen LogP contribution >= 0.6 is 0 Å². The molecule has 3 nitrogen and oxygen atoms in total. The number of piperidine rings is 1. The Kier molecular flexibility index (Phi) is 4.83. The second-order valence-corrected chi connectivity index (χ2v) is 5.91. The summed E-state index contributed by atoms with van der Waals surface area (Å²) < 4.78 is 0. The molecule has 0 unspecified atom stereocenters. The van der Waals surface area contributed by atoms with Gasteiger partial charge in [0.2, 0.25) is 0 Å². The lowest BCUT2D eigenvalue weighted by molar-refractivity contribution is -0.0452. The summed E-state index contributed by atoms with van der Waals surface area (Å²) in [5, 5.41) is 3.41. The topological polar surface area (TPSA) is 18.5 Å². The molecule has 2 aliphatic rings. The first-order chi connectivity index (χ1) is 8.28. The molecule has 2 saturated heterocycles. The number of nitrogens with one attached hydrogen (secondary N) is 1. The van der Waals surface area contributed by atoms with Gasteiger partial charge in [0.1, 0.15) is 0 Å². The minimum atomic E-state index is 0. The zero-order valence-corrected chi connectivity index (χ0v) is 11.7. The number of rotatable bonds is 6. The Bertz CT molecular complexity index is 219. The molecule has 2 fully saturated rings. The molecule has 0 bridgehead atoms. The smallest absolute Gasteiger partial charge is 0.0107 e. The van der Waals surface area contributed by atoms with Crippen LogP contribution in [0.15, 0.2) is 0 Å². The highest BCUT2D eigenvalue weighted by molar-refractivity contribution is 4.98. The van der Waals surface area contributed by atoms with Crippen LogP contribution in [-0.4, -0.2) is 62.2 Å². The molecule has 102 valence electrons. The Labute approximate surface area is 108 Å². The van der Waals surface area contributed by atoms with E-state index in [0.29, 0.717) is 5.41 Å². The summed E-state index contributed by atoms with van der Waals surface area (Å²) in [5.74, 6) is 0. The van der Waals surface area contributed by atoms with Crippen molar-refractivity contribution in [1.29, 1.82) is 0 Å². The van der Waals surface area contributed by atoms with E-state index in [4.69, 9.17) is 0 Å². The molecular formula is C14H31N3. The summed E-state index contributed by atoms with van der Waals surface area (Å²) in [6.45, 7) is 14.7. The highest BCUT2D eigenvalue weighted by Gasteiger charge is 2.43. The first-order valence-electron chi connectivity index (χ1n) is 7.43. The lowest BCUT2D eigenvalue weighted by Crippen LogP contribution is -2.61. The Balaban J connectivity index is 0.00000162. The van der Waals surface area contributed by atoms with Gasteiger partial charge in [-0.1, -0.05) is 13.8 Å². The molecule has 2 aliphatic heterocycles. The van der Waals surface area contributed by atoms with Gasteiger partial charge in [-0.25, -0.2) is 0 Å². The Morgan fingerprint density at radius 1 is 1.06 bits per heavy atom. The molecule has 0 aliphatic carbocycles. The maximum absolute atomic E-state index is 3.41. The highest BCUT2D eigenvalue weighted by atomic mass is 15.2. The molecule has 0 amide bonds. The van der Waals surface area contributed by atoms with Crippen LogP contribution in [0, 0.1) is 5.41 Å². The fraction of sp³-hybridized carbons (Fsp3) is 1.00. The van der Waals surface area contributed by atoms with Crippen molar-refractivity contribution >= 4 is 0 Å². The van der Waals surface area contributed by atoms with E-state index in [9.17, 15) is 0 Å². The maximum Gasteiger partial charge on any atom is 0.0107 e. The van der Waals surface area contributed by atoms with Crippen LogP contribution in [0.1, 0.15) is 34.5 Å². The van der Waals surface area contributed by atoms with Crippen LogP contribution in [0.2, 0.25) is 0 Å². The van der Waals surface area contributed by atoms with E-state index < -0.39 is 0 Å². The van der Waals surface area contributed by atoms with E-state index in [1.165, 1.54) is 58.5 Å². The van der Waals surface area contributed by atoms with Crippen LogP contribution in [0.4, 0.5) is 0 Å². The average Bonchev–Trinajstić information content (AvgIpc) is 2.30. The fourth-order valence-corrected chi connectivity index (χ4v) is 3.36. The molecule has 2 heterocycles. The summed E-state index contributed by atoms with van der Waals surface area (Å²) in [4.78, 5) is 5.27. The second kappa shape index (κ2) is 6.17. The molecule has 0 atom stereocenters. The van der Waals surface area contributed by atoms with Gasteiger partial charge in [0.05, 0.1) is 0 Å². The monoisotopic (exact) mass is 241 g/mol. The zero-order chi connectivity index (χ0) is 12.1. The third kappa shape index (κ3) is 3.43. The van der Waals surface area contributed by atoms with Crippen LogP contribution < -0.4 is 5.32 Å². The van der Waals surface area contributed by atoms with E-state index in [1.807, 2.05) is 0 Å². The summed E-state index contributed by atoms with van der Waals surface area (Å²) in [6, 6.07) is 0. The minimum absolute atomic E-state index is 0. The molecule has 0 radical (unpaired) electrons. The molecule has 0 aromatic carbocycles. The third-order valence-electron chi connectivity index (χ3n) is 4.43. The first-order valence-corrected chi connectivity index (χ1v) is 7.43. The summed E-state index contributed by atoms with van der Waals surface area (Å²) in [6.07, 6.45) is 4.18. The number of hydrogen-bond donors (Lipinski definition) is 1. The lowest BCUT2D eigenvalue weighted by Gasteiger charge is -2.54. The Hall–Kier alpha value is -0.120. The lowest BCUT2D eigenvalue weighted by atomic mass is 9.72. The Morgan fingerprint density at radius 2 is 1.76 bits per heavy atom. The van der Waals surface area contributed by atoms with Crippen LogP contribution in [0.25, 0.3) is 0 Å². The van der Waals surface area contributed by atoms with Crippen molar-refractivity contribution in [3.63, 3.8) is 0 Å². The van der Waals surface area contributed by atoms with Gasteiger partial charge in [0.15, 0.2) is 0 Å². The molecule has 1 spiro atoms. The molecular weight excluding hydrogens is 210 g/mol. The molecule has 0 saturated carbocycles. The van der Waals surface area contributed by atoms with Gasteiger partial charge >= 0.3 is 0 Å². The van der Waals surface area contributed by atoms with Crippen LogP contribution in [0.5, 0.6) is 0 Å². The number of likely N-dealkylation sites (tertiary alicyclic amines) is 2. The largest absolute Gasteiger partial charge is 0.316 e. The van der Waals surface area contributed by atoms with Crippen molar-refractivity contribution in [3.05, 3.63) is 0 Å². The SMILES string of the molecule is CCCN1CCC2(CC1)CN(CCNCC)C2.[HH]. The molecule has 17 heavy (non-hydrogen) atoms. The molecule has 0 aromatic heterocycles. The number of nitrogens with zero attached hydrogens (tertiary/aromatic N) is 2. The highest BCUT2D eigenvalue weighted by Crippen LogP contribution is 2.39. The van der Waals surface area contributed by atoms with E-state index >= 15 is 0 Å². The minimum Gasteiger partial charge on any atom is -0.316 e. The normalized spacial score (nSPS) is 25.1. The molecule has 3 heteroatoms. The maximum atomic E-state index is 3.41. The zero-order valence-electron chi connectivity index (χ0n) is 11.7.